The molecular weight excluding hydrogens is 474 g/mol. The van der Waals surface area contributed by atoms with Crippen LogP contribution in [0.25, 0.3) is 0 Å². The van der Waals surface area contributed by atoms with E-state index >= 15 is 4.39 Å². The molecule has 0 bridgehead atoms. The standard InChI is InChI=1S/C19H34F2N8O4S/c20-11-5-24-18-15(17(22)26-29(18)8-11)19(30)25-14-7-23-6-13(21)16(14)27-1-3-28(4-2-27)34(31,32)12-9-33-10-12/h11-18,23-24,26H,1-10,22H2,(H,25,30). The first-order valence-corrected chi connectivity index (χ1v) is 13.4. The van der Waals surface area contributed by atoms with Crippen molar-refractivity contribution in [3.63, 3.8) is 0 Å². The summed E-state index contributed by atoms with van der Waals surface area (Å²) in [5, 5.41) is 10.2. The Morgan fingerprint density at radius 2 is 1.82 bits per heavy atom. The van der Waals surface area contributed by atoms with Gasteiger partial charge in [-0.15, -0.1) is 0 Å². The normalized spacial score (nSPS) is 41.1. The minimum atomic E-state index is -3.41. The van der Waals surface area contributed by atoms with E-state index in [9.17, 15) is 17.6 Å². The number of hydrogen-bond acceptors (Lipinski definition) is 10. The van der Waals surface area contributed by atoms with Crippen molar-refractivity contribution in [2.24, 2.45) is 11.7 Å². The maximum atomic E-state index is 15.1. The topological polar surface area (TPSA) is 144 Å². The Morgan fingerprint density at radius 3 is 2.50 bits per heavy atom. The first-order chi connectivity index (χ1) is 16.3. The highest BCUT2D eigenvalue weighted by molar-refractivity contribution is 7.89. The molecule has 0 radical (unpaired) electrons. The van der Waals surface area contributed by atoms with Gasteiger partial charge in [0.05, 0.1) is 43.5 Å². The molecule has 7 unspecified atom stereocenters. The van der Waals surface area contributed by atoms with Crippen LogP contribution in [0, 0.1) is 5.92 Å². The number of amides is 1. The first-order valence-electron chi connectivity index (χ1n) is 11.9. The van der Waals surface area contributed by atoms with Gasteiger partial charge in [0.15, 0.2) is 0 Å². The van der Waals surface area contributed by atoms with E-state index in [0.717, 1.165) is 0 Å². The van der Waals surface area contributed by atoms with Crippen LogP contribution in [0.1, 0.15) is 0 Å². The predicted octanol–water partition coefficient (Wildman–Crippen LogP) is -3.88. The summed E-state index contributed by atoms with van der Waals surface area (Å²) in [6.45, 7) is 2.57. The summed E-state index contributed by atoms with van der Waals surface area (Å²) in [7, 11) is -3.41. The number of sulfonamides is 1. The maximum Gasteiger partial charge on any atom is 0.229 e. The lowest BCUT2D eigenvalue weighted by molar-refractivity contribution is -0.128. The van der Waals surface area contributed by atoms with Crippen molar-refractivity contribution in [1.29, 1.82) is 0 Å². The molecule has 0 aliphatic carbocycles. The van der Waals surface area contributed by atoms with Gasteiger partial charge in [0.1, 0.15) is 17.6 Å². The molecule has 5 rings (SSSR count). The molecule has 5 saturated heterocycles. The molecule has 0 aromatic heterocycles. The summed E-state index contributed by atoms with van der Waals surface area (Å²) in [5.41, 5.74) is 9.10. The third-order valence-electron chi connectivity index (χ3n) is 7.52. The Hall–Kier alpha value is -1.04. The van der Waals surface area contributed by atoms with Crippen LogP contribution in [0.2, 0.25) is 0 Å². The summed E-state index contributed by atoms with van der Waals surface area (Å²) in [4.78, 5) is 15.2. The lowest BCUT2D eigenvalue weighted by Crippen LogP contribution is -2.68. The van der Waals surface area contributed by atoms with Crippen LogP contribution in [0.4, 0.5) is 8.78 Å². The number of alkyl halides is 2. The van der Waals surface area contributed by atoms with Gasteiger partial charge in [-0.3, -0.25) is 15.0 Å². The highest BCUT2D eigenvalue weighted by atomic mass is 32.2. The maximum absolute atomic E-state index is 15.1. The van der Waals surface area contributed by atoms with E-state index in [1.807, 2.05) is 4.90 Å². The number of nitrogens with zero attached hydrogens (tertiary/aromatic N) is 3. The molecule has 0 aromatic carbocycles. The fourth-order valence-corrected chi connectivity index (χ4v) is 7.23. The number of carbonyl (C=O) groups excluding carboxylic acids is 1. The summed E-state index contributed by atoms with van der Waals surface area (Å²) in [5.74, 6) is -0.991. The molecular formula is C19H34F2N8O4S. The second kappa shape index (κ2) is 9.78. The predicted molar refractivity (Wildman–Crippen MR) is 118 cm³/mol. The lowest BCUT2D eigenvalue weighted by atomic mass is 9.94. The summed E-state index contributed by atoms with van der Waals surface area (Å²) >= 11 is 0. The molecule has 15 heteroatoms. The number of hydrazine groups is 1. The van der Waals surface area contributed by atoms with Gasteiger partial charge in [-0.05, 0) is 0 Å². The molecule has 1 amide bonds. The Morgan fingerprint density at radius 1 is 1.09 bits per heavy atom. The molecule has 5 aliphatic heterocycles. The van der Waals surface area contributed by atoms with E-state index in [1.165, 1.54) is 4.31 Å². The number of hydrogen-bond donors (Lipinski definition) is 5. The Bertz CT molecular complexity index is 859. The van der Waals surface area contributed by atoms with Crippen molar-refractivity contribution in [3.05, 3.63) is 0 Å². The highest BCUT2D eigenvalue weighted by Crippen LogP contribution is 2.25. The Kier molecular flexibility index (Phi) is 7.09. The lowest BCUT2D eigenvalue weighted by Gasteiger charge is -2.46. The quantitative estimate of drug-likeness (QED) is 0.250. The van der Waals surface area contributed by atoms with Crippen molar-refractivity contribution < 1.29 is 26.7 Å². The molecule has 5 heterocycles. The number of carbonyl (C=O) groups is 1. The zero-order chi connectivity index (χ0) is 24.0. The smallest absolute Gasteiger partial charge is 0.229 e. The molecule has 0 aromatic rings. The molecule has 7 atom stereocenters. The summed E-state index contributed by atoms with van der Waals surface area (Å²) in [6, 6.07) is -1.10. The van der Waals surface area contributed by atoms with Crippen molar-refractivity contribution in [1.82, 2.24) is 35.6 Å². The van der Waals surface area contributed by atoms with Gasteiger partial charge in [0.2, 0.25) is 15.9 Å². The highest BCUT2D eigenvalue weighted by Gasteiger charge is 2.49. The number of rotatable bonds is 5. The Labute approximate surface area is 197 Å². The molecule has 5 fully saturated rings. The molecule has 6 N–H and O–H groups in total. The number of ether oxygens (including phenoxy) is 1. The van der Waals surface area contributed by atoms with E-state index in [1.54, 1.807) is 5.01 Å². The third-order valence-corrected chi connectivity index (χ3v) is 9.72. The van der Waals surface area contributed by atoms with Crippen molar-refractivity contribution in [2.75, 3.05) is 65.6 Å². The van der Waals surface area contributed by atoms with Gasteiger partial charge < -0.3 is 21.1 Å². The van der Waals surface area contributed by atoms with Gasteiger partial charge >= 0.3 is 0 Å². The van der Waals surface area contributed by atoms with E-state index in [2.05, 4.69) is 21.4 Å². The van der Waals surface area contributed by atoms with E-state index in [0.29, 0.717) is 19.6 Å². The van der Waals surface area contributed by atoms with Crippen LogP contribution >= 0.6 is 0 Å². The average Bonchev–Trinajstić information content (AvgIpc) is 3.07. The van der Waals surface area contributed by atoms with Crippen LogP contribution in [0.5, 0.6) is 0 Å². The minimum Gasteiger partial charge on any atom is -0.378 e. The zero-order valence-electron chi connectivity index (χ0n) is 18.9. The number of piperidine rings is 1. The molecule has 0 spiro atoms. The molecule has 5 aliphatic rings. The fraction of sp³-hybridized carbons (Fsp3) is 0.947. The van der Waals surface area contributed by atoms with Gasteiger partial charge in [-0.2, -0.15) is 4.31 Å². The summed E-state index contributed by atoms with van der Waals surface area (Å²) in [6.07, 6.45) is -3.42. The van der Waals surface area contributed by atoms with Crippen LogP contribution in [-0.2, 0) is 19.6 Å². The Balaban J connectivity index is 1.23. The molecule has 34 heavy (non-hydrogen) atoms. The molecule has 0 saturated carbocycles. The van der Waals surface area contributed by atoms with Crippen LogP contribution in [0.3, 0.4) is 0 Å². The monoisotopic (exact) mass is 508 g/mol. The molecule has 12 nitrogen and oxygen atoms in total. The number of piperazine rings is 1. The van der Waals surface area contributed by atoms with E-state index < -0.39 is 57.9 Å². The van der Waals surface area contributed by atoms with Crippen molar-refractivity contribution in [3.8, 4) is 0 Å². The van der Waals surface area contributed by atoms with Crippen LogP contribution in [0.15, 0.2) is 0 Å². The van der Waals surface area contributed by atoms with Gasteiger partial charge in [0.25, 0.3) is 0 Å². The van der Waals surface area contributed by atoms with Gasteiger partial charge in [0, 0.05) is 52.4 Å². The number of fused-ring (bicyclic) bond motifs is 1. The average molecular weight is 509 g/mol. The number of halogens is 2. The van der Waals surface area contributed by atoms with Gasteiger partial charge in [-0.25, -0.2) is 27.6 Å². The second-order valence-electron chi connectivity index (χ2n) is 9.70. The SMILES string of the molecule is NC1NN2CC(F)CNC2C1C(=O)NC1CNCC(F)C1N1CCN(S(=O)(=O)C2COC2)CC1. The van der Waals surface area contributed by atoms with E-state index in [4.69, 9.17) is 10.5 Å². The number of nitrogens with two attached hydrogens (primary N) is 1. The van der Waals surface area contributed by atoms with Crippen molar-refractivity contribution in [2.45, 2.75) is 42.0 Å². The third kappa shape index (κ3) is 4.57. The molecule has 194 valence electrons. The largest absolute Gasteiger partial charge is 0.378 e. The van der Waals surface area contributed by atoms with Crippen molar-refractivity contribution >= 4 is 15.9 Å². The van der Waals surface area contributed by atoms with Crippen LogP contribution < -0.4 is 27.1 Å². The zero-order valence-corrected chi connectivity index (χ0v) is 19.7. The number of nitrogens with one attached hydrogen (secondary N) is 4. The first kappa shape index (κ1) is 24.6. The second-order valence-corrected chi connectivity index (χ2v) is 11.9. The van der Waals surface area contributed by atoms with E-state index in [-0.39, 0.29) is 51.8 Å². The van der Waals surface area contributed by atoms with Gasteiger partial charge in [-0.1, -0.05) is 0 Å². The summed E-state index contributed by atoms with van der Waals surface area (Å²) < 4.78 is 60.7. The fourth-order valence-electron chi connectivity index (χ4n) is 5.60. The minimum absolute atomic E-state index is 0.134. The van der Waals surface area contributed by atoms with Crippen LogP contribution in [-0.4, -0.2) is 136 Å².